The molecule has 0 fully saturated rings. The van der Waals surface area contributed by atoms with Crippen LogP contribution in [0.3, 0.4) is 0 Å². The Balaban J connectivity index is 1.77. The number of hydrogen-bond acceptors (Lipinski definition) is 5. The predicted molar refractivity (Wildman–Crippen MR) is 98.7 cm³/mol. The number of benzene rings is 2. The molecule has 5 nitrogen and oxygen atoms in total. The molecular formula is C19H13N5. The second-order valence-corrected chi connectivity index (χ2v) is 5.72. The van der Waals surface area contributed by atoms with E-state index in [0.29, 0.717) is 0 Å². The zero-order chi connectivity index (χ0) is 16.1. The van der Waals surface area contributed by atoms with Gasteiger partial charge in [0.1, 0.15) is 0 Å². The van der Waals surface area contributed by atoms with Gasteiger partial charge < -0.3 is 5.73 Å². The minimum absolute atomic E-state index is 0.246. The SMILES string of the molecule is NC1=NN2C(=CC=C3C=Nc4c(-c5ccccc5)ccc2c43)C=N1. The first-order chi connectivity index (χ1) is 11.8. The predicted octanol–water partition coefficient (Wildman–Crippen LogP) is 3.47. The molecule has 0 aromatic heterocycles. The standard InChI is InChI=1S/C19H13N5/c20-19-22-11-14-7-6-13-10-21-18-15(12-4-2-1-3-5-12)8-9-16(17(13)18)24(14)23-19/h1-11H,(H2,20,23). The van der Waals surface area contributed by atoms with Gasteiger partial charge in [-0.2, -0.15) is 0 Å². The van der Waals surface area contributed by atoms with E-state index in [0.717, 1.165) is 39.3 Å². The van der Waals surface area contributed by atoms with Gasteiger partial charge in [-0.25, -0.2) is 10.0 Å². The smallest absolute Gasteiger partial charge is 0.238 e. The van der Waals surface area contributed by atoms with Crippen molar-refractivity contribution < 1.29 is 0 Å². The molecule has 0 spiro atoms. The van der Waals surface area contributed by atoms with E-state index in [-0.39, 0.29) is 5.96 Å². The van der Waals surface area contributed by atoms with Crippen LogP contribution in [0.25, 0.3) is 16.7 Å². The molecule has 2 aromatic carbocycles. The monoisotopic (exact) mass is 311 g/mol. The van der Waals surface area contributed by atoms with Crippen LogP contribution in [0.15, 0.2) is 75.4 Å². The number of fused-ring (bicyclic) bond motifs is 2. The number of anilines is 1. The Morgan fingerprint density at radius 3 is 2.62 bits per heavy atom. The Morgan fingerprint density at radius 2 is 1.75 bits per heavy atom. The lowest BCUT2D eigenvalue weighted by molar-refractivity contribution is 1.02. The van der Waals surface area contributed by atoms with E-state index in [1.807, 2.05) is 41.6 Å². The number of hydrogen-bond donors (Lipinski definition) is 1. The van der Waals surface area contributed by atoms with Crippen molar-refractivity contribution in [2.24, 2.45) is 20.8 Å². The summed E-state index contributed by atoms with van der Waals surface area (Å²) in [5, 5.41) is 6.21. The summed E-state index contributed by atoms with van der Waals surface area (Å²) in [5.74, 6) is 0.246. The molecule has 5 heteroatoms. The zero-order valence-corrected chi connectivity index (χ0v) is 12.7. The molecule has 0 aliphatic carbocycles. The molecule has 114 valence electrons. The molecule has 24 heavy (non-hydrogen) atoms. The van der Waals surface area contributed by atoms with E-state index in [4.69, 9.17) is 5.73 Å². The van der Waals surface area contributed by atoms with Gasteiger partial charge in [-0.1, -0.05) is 42.5 Å². The quantitative estimate of drug-likeness (QED) is 0.876. The third-order valence-corrected chi connectivity index (χ3v) is 4.30. The molecule has 5 rings (SSSR count). The lowest BCUT2D eigenvalue weighted by atomic mass is 9.96. The van der Waals surface area contributed by atoms with Crippen LogP contribution < -0.4 is 10.7 Å². The summed E-state index contributed by atoms with van der Waals surface area (Å²) in [5.41, 5.74) is 13.0. The Kier molecular flexibility index (Phi) is 2.58. The average Bonchev–Trinajstić information content (AvgIpc) is 2.98. The van der Waals surface area contributed by atoms with Gasteiger partial charge in [-0.3, -0.25) is 4.99 Å². The number of nitrogens with two attached hydrogens (primary N) is 1. The van der Waals surface area contributed by atoms with Gasteiger partial charge in [-0.15, -0.1) is 5.10 Å². The second-order valence-electron chi connectivity index (χ2n) is 5.72. The first-order valence-electron chi connectivity index (χ1n) is 7.68. The van der Waals surface area contributed by atoms with E-state index < -0.39 is 0 Å². The molecule has 0 saturated carbocycles. The van der Waals surface area contributed by atoms with Crippen LogP contribution in [0.2, 0.25) is 0 Å². The molecule has 3 aliphatic rings. The van der Waals surface area contributed by atoms with Gasteiger partial charge >= 0.3 is 0 Å². The highest BCUT2D eigenvalue weighted by Crippen LogP contribution is 2.47. The molecule has 0 saturated heterocycles. The molecule has 2 N–H and O–H groups in total. The normalized spacial score (nSPS) is 16.8. The fourth-order valence-corrected chi connectivity index (χ4v) is 3.21. The van der Waals surface area contributed by atoms with Crippen LogP contribution >= 0.6 is 0 Å². The third-order valence-electron chi connectivity index (χ3n) is 4.30. The van der Waals surface area contributed by atoms with Crippen molar-refractivity contribution in [3.8, 4) is 11.1 Å². The molecule has 3 aliphatic heterocycles. The average molecular weight is 311 g/mol. The third kappa shape index (κ3) is 1.78. The van der Waals surface area contributed by atoms with Crippen LogP contribution in [0.1, 0.15) is 5.56 Å². The number of allylic oxidation sites excluding steroid dienone is 4. The Bertz CT molecular complexity index is 1010. The van der Waals surface area contributed by atoms with Crippen molar-refractivity contribution in [3.05, 3.63) is 65.9 Å². The first-order valence-corrected chi connectivity index (χ1v) is 7.68. The molecule has 0 radical (unpaired) electrons. The summed E-state index contributed by atoms with van der Waals surface area (Å²) in [6.07, 6.45) is 7.67. The number of aliphatic imine (C=N–C) groups is 2. The largest absolute Gasteiger partial charge is 0.367 e. The van der Waals surface area contributed by atoms with Gasteiger partial charge in [0.25, 0.3) is 0 Å². The van der Waals surface area contributed by atoms with Gasteiger partial charge in [-0.05, 0) is 17.7 Å². The Morgan fingerprint density at radius 1 is 0.875 bits per heavy atom. The first kappa shape index (κ1) is 13.0. The van der Waals surface area contributed by atoms with Crippen LogP contribution in [0.4, 0.5) is 11.4 Å². The number of hydrazone groups is 1. The Hall–Kier alpha value is -3.47. The molecule has 0 atom stereocenters. The van der Waals surface area contributed by atoms with E-state index in [2.05, 4.69) is 39.4 Å². The van der Waals surface area contributed by atoms with Crippen LogP contribution in [0, 0.1) is 0 Å². The van der Waals surface area contributed by atoms with Crippen LogP contribution in [-0.4, -0.2) is 18.4 Å². The van der Waals surface area contributed by atoms with Crippen molar-refractivity contribution in [3.63, 3.8) is 0 Å². The maximum Gasteiger partial charge on any atom is 0.238 e. The zero-order valence-electron chi connectivity index (χ0n) is 12.7. The molecule has 2 aromatic rings. The number of guanidine groups is 1. The lowest BCUT2D eigenvalue weighted by Gasteiger charge is -2.24. The van der Waals surface area contributed by atoms with Crippen molar-refractivity contribution in [2.45, 2.75) is 0 Å². The van der Waals surface area contributed by atoms with Crippen molar-refractivity contribution >= 4 is 35.3 Å². The molecule has 0 unspecified atom stereocenters. The van der Waals surface area contributed by atoms with E-state index in [1.165, 1.54) is 0 Å². The van der Waals surface area contributed by atoms with Gasteiger partial charge in [0.2, 0.25) is 5.96 Å². The summed E-state index contributed by atoms with van der Waals surface area (Å²) in [4.78, 5) is 8.75. The van der Waals surface area contributed by atoms with Crippen LogP contribution in [-0.2, 0) is 0 Å². The summed E-state index contributed by atoms with van der Waals surface area (Å²) in [6.45, 7) is 0. The fraction of sp³-hybridized carbons (Fsp3) is 0. The molecule has 0 bridgehead atoms. The van der Waals surface area contributed by atoms with E-state index in [1.54, 1.807) is 6.21 Å². The summed E-state index contributed by atoms with van der Waals surface area (Å²) in [6, 6.07) is 14.4. The minimum atomic E-state index is 0.246. The van der Waals surface area contributed by atoms with Crippen LogP contribution in [0.5, 0.6) is 0 Å². The maximum absolute atomic E-state index is 5.79. The van der Waals surface area contributed by atoms with Gasteiger partial charge in [0.15, 0.2) is 0 Å². The second kappa shape index (κ2) is 4.76. The number of nitrogens with zero attached hydrogens (tertiary/aromatic N) is 4. The molecule has 0 amide bonds. The van der Waals surface area contributed by atoms with Crippen molar-refractivity contribution in [1.82, 2.24) is 0 Å². The summed E-state index contributed by atoms with van der Waals surface area (Å²) < 4.78 is 0. The van der Waals surface area contributed by atoms with Crippen molar-refractivity contribution in [1.29, 1.82) is 0 Å². The highest BCUT2D eigenvalue weighted by molar-refractivity contribution is 6.22. The number of rotatable bonds is 1. The molecule has 3 heterocycles. The summed E-state index contributed by atoms with van der Waals surface area (Å²) >= 11 is 0. The van der Waals surface area contributed by atoms with E-state index >= 15 is 0 Å². The highest BCUT2D eigenvalue weighted by Gasteiger charge is 2.27. The molecular weight excluding hydrogens is 298 g/mol. The highest BCUT2D eigenvalue weighted by atomic mass is 15.5. The minimum Gasteiger partial charge on any atom is -0.367 e. The maximum atomic E-state index is 5.79. The van der Waals surface area contributed by atoms with E-state index in [9.17, 15) is 0 Å². The Labute approximate surface area is 138 Å². The fourth-order valence-electron chi connectivity index (χ4n) is 3.21. The summed E-state index contributed by atoms with van der Waals surface area (Å²) in [7, 11) is 0. The van der Waals surface area contributed by atoms with Crippen molar-refractivity contribution in [2.75, 3.05) is 5.01 Å². The lowest BCUT2D eigenvalue weighted by Crippen LogP contribution is -2.26. The van der Waals surface area contributed by atoms with Gasteiger partial charge in [0.05, 0.1) is 23.3 Å². The topological polar surface area (TPSA) is 66.3 Å². The van der Waals surface area contributed by atoms with Gasteiger partial charge in [0, 0.05) is 22.9 Å².